The smallest absolute Gasteiger partial charge is 0.125 e. The number of nitriles is 1. The Hall–Kier alpha value is -1.57. The van der Waals surface area contributed by atoms with Crippen molar-refractivity contribution in [1.82, 2.24) is 4.90 Å². The highest BCUT2D eigenvalue weighted by atomic mass is 16.6. The maximum Gasteiger partial charge on any atom is 0.125 e. The molecule has 2 aliphatic rings. The molecule has 0 radical (unpaired) electrons. The Bertz CT molecular complexity index is 515. The van der Waals surface area contributed by atoms with Crippen LogP contribution in [0.2, 0.25) is 0 Å². The standard InChI is InChI=1S/C16H20N2O2/c1-13-16(6-9-18(10-7-16)11-8-17)19-12-14-4-2-3-5-15(14)20-13/h2-5,13H,6-7,9-12H2,1H3. The van der Waals surface area contributed by atoms with E-state index in [2.05, 4.69) is 24.0 Å². The number of fused-ring (bicyclic) bond motifs is 1. The maximum atomic E-state index is 8.79. The van der Waals surface area contributed by atoms with Gasteiger partial charge in [-0.2, -0.15) is 5.26 Å². The molecule has 1 fully saturated rings. The minimum atomic E-state index is -0.217. The summed E-state index contributed by atoms with van der Waals surface area (Å²) in [6.07, 6.45) is 1.88. The van der Waals surface area contributed by atoms with Crippen molar-refractivity contribution >= 4 is 0 Å². The molecule has 2 heterocycles. The van der Waals surface area contributed by atoms with Crippen LogP contribution < -0.4 is 4.74 Å². The highest BCUT2D eigenvalue weighted by Gasteiger charge is 2.43. The van der Waals surface area contributed by atoms with Crippen LogP contribution in [0.25, 0.3) is 0 Å². The monoisotopic (exact) mass is 272 g/mol. The summed E-state index contributed by atoms with van der Waals surface area (Å²) in [6.45, 7) is 5.02. The fourth-order valence-electron chi connectivity index (χ4n) is 3.12. The molecule has 1 unspecified atom stereocenters. The van der Waals surface area contributed by atoms with Gasteiger partial charge in [-0.3, -0.25) is 4.90 Å². The van der Waals surface area contributed by atoms with Crippen LogP contribution in [0.15, 0.2) is 24.3 Å². The van der Waals surface area contributed by atoms with Crippen molar-refractivity contribution in [3.63, 3.8) is 0 Å². The second-order valence-corrected chi connectivity index (χ2v) is 5.66. The molecule has 0 bridgehead atoms. The molecule has 20 heavy (non-hydrogen) atoms. The molecular formula is C16H20N2O2. The number of para-hydroxylation sites is 1. The number of ether oxygens (including phenoxy) is 2. The van der Waals surface area contributed by atoms with Crippen molar-refractivity contribution in [2.45, 2.75) is 38.1 Å². The Morgan fingerprint density at radius 2 is 2.10 bits per heavy atom. The molecule has 1 aromatic carbocycles. The molecular weight excluding hydrogens is 252 g/mol. The Balaban J connectivity index is 1.75. The van der Waals surface area contributed by atoms with Crippen LogP contribution >= 0.6 is 0 Å². The normalized spacial score (nSPS) is 25.3. The SMILES string of the molecule is CC1Oc2ccccc2COC12CCN(CC#N)CC2. The van der Waals surface area contributed by atoms with Gasteiger partial charge >= 0.3 is 0 Å². The largest absolute Gasteiger partial charge is 0.487 e. The van der Waals surface area contributed by atoms with E-state index in [1.807, 2.05) is 18.2 Å². The first-order valence-electron chi connectivity index (χ1n) is 7.21. The molecule has 4 nitrogen and oxygen atoms in total. The maximum absolute atomic E-state index is 8.79. The first-order chi connectivity index (χ1) is 9.73. The van der Waals surface area contributed by atoms with E-state index < -0.39 is 0 Å². The zero-order valence-corrected chi connectivity index (χ0v) is 11.8. The molecule has 1 saturated heterocycles. The van der Waals surface area contributed by atoms with E-state index in [1.54, 1.807) is 0 Å². The van der Waals surface area contributed by atoms with Gasteiger partial charge < -0.3 is 9.47 Å². The zero-order valence-electron chi connectivity index (χ0n) is 11.8. The fraction of sp³-hybridized carbons (Fsp3) is 0.562. The average Bonchev–Trinajstić information content (AvgIpc) is 2.60. The number of nitrogens with zero attached hydrogens (tertiary/aromatic N) is 2. The number of likely N-dealkylation sites (tertiary alicyclic amines) is 1. The molecule has 1 atom stereocenters. The van der Waals surface area contributed by atoms with Crippen molar-refractivity contribution < 1.29 is 9.47 Å². The summed E-state index contributed by atoms with van der Waals surface area (Å²) in [7, 11) is 0. The minimum absolute atomic E-state index is 0.0374. The van der Waals surface area contributed by atoms with Crippen LogP contribution in [-0.4, -0.2) is 36.2 Å². The molecule has 0 aliphatic carbocycles. The number of hydrogen-bond acceptors (Lipinski definition) is 4. The Kier molecular flexibility index (Phi) is 3.64. The highest BCUT2D eigenvalue weighted by molar-refractivity contribution is 5.34. The topological polar surface area (TPSA) is 45.5 Å². The third-order valence-electron chi connectivity index (χ3n) is 4.53. The van der Waals surface area contributed by atoms with E-state index in [0.29, 0.717) is 13.2 Å². The van der Waals surface area contributed by atoms with Crippen LogP contribution in [-0.2, 0) is 11.3 Å². The van der Waals surface area contributed by atoms with Gasteiger partial charge in [0, 0.05) is 18.7 Å². The summed E-state index contributed by atoms with van der Waals surface area (Å²) in [5.41, 5.74) is 0.904. The summed E-state index contributed by atoms with van der Waals surface area (Å²) in [5.74, 6) is 0.941. The molecule has 106 valence electrons. The lowest BCUT2D eigenvalue weighted by Crippen LogP contribution is -2.53. The van der Waals surface area contributed by atoms with E-state index in [0.717, 1.165) is 37.2 Å². The zero-order chi connectivity index (χ0) is 14.0. The van der Waals surface area contributed by atoms with E-state index in [4.69, 9.17) is 14.7 Å². The second-order valence-electron chi connectivity index (χ2n) is 5.66. The van der Waals surface area contributed by atoms with Gasteiger partial charge in [-0.15, -0.1) is 0 Å². The van der Waals surface area contributed by atoms with Crippen molar-refractivity contribution in [1.29, 1.82) is 5.26 Å². The summed E-state index contributed by atoms with van der Waals surface area (Å²) in [4.78, 5) is 2.18. The van der Waals surface area contributed by atoms with Gasteiger partial charge in [-0.25, -0.2) is 0 Å². The molecule has 0 amide bonds. The van der Waals surface area contributed by atoms with E-state index in [9.17, 15) is 0 Å². The predicted molar refractivity (Wildman–Crippen MR) is 75.3 cm³/mol. The van der Waals surface area contributed by atoms with Crippen LogP contribution in [0, 0.1) is 11.3 Å². The first kappa shape index (κ1) is 13.4. The molecule has 4 heteroatoms. The van der Waals surface area contributed by atoms with Gasteiger partial charge in [0.25, 0.3) is 0 Å². The first-order valence-corrected chi connectivity index (χ1v) is 7.21. The predicted octanol–water partition coefficient (Wildman–Crippen LogP) is 2.34. The summed E-state index contributed by atoms with van der Waals surface area (Å²) in [5, 5.41) is 8.79. The molecule has 1 aromatic rings. The molecule has 1 spiro atoms. The highest BCUT2D eigenvalue weighted by Crippen LogP contribution is 2.37. The van der Waals surface area contributed by atoms with Gasteiger partial charge in [0.2, 0.25) is 0 Å². The van der Waals surface area contributed by atoms with Gasteiger partial charge in [-0.1, -0.05) is 18.2 Å². The van der Waals surface area contributed by atoms with Crippen molar-refractivity contribution in [3.05, 3.63) is 29.8 Å². The van der Waals surface area contributed by atoms with E-state index >= 15 is 0 Å². The Morgan fingerprint density at radius 3 is 2.85 bits per heavy atom. The number of rotatable bonds is 1. The van der Waals surface area contributed by atoms with Gasteiger partial charge in [0.05, 0.1) is 19.2 Å². The van der Waals surface area contributed by atoms with Gasteiger partial charge in [0.1, 0.15) is 17.5 Å². The third kappa shape index (κ3) is 2.39. The van der Waals surface area contributed by atoms with Crippen LogP contribution in [0.1, 0.15) is 25.3 Å². The van der Waals surface area contributed by atoms with Crippen molar-refractivity contribution in [2.75, 3.05) is 19.6 Å². The molecule has 3 rings (SSSR count). The second kappa shape index (κ2) is 5.43. The Morgan fingerprint density at radius 1 is 1.35 bits per heavy atom. The quantitative estimate of drug-likeness (QED) is 0.736. The number of benzene rings is 1. The summed E-state index contributed by atoms with van der Waals surface area (Å²) in [6, 6.07) is 10.3. The lowest BCUT2D eigenvalue weighted by molar-refractivity contribution is -0.135. The van der Waals surface area contributed by atoms with E-state index in [1.165, 1.54) is 0 Å². The number of hydrogen-bond donors (Lipinski definition) is 0. The number of piperidine rings is 1. The fourth-order valence-corrected chi connectivity index (χ4v) is 3.12. The van der Waals surface area contributed by atoms with Gasteiger partial charge in [-0.05, 0) is 25.8 Å². The Labute approximate surface area is 119 Å². The van der Waals surface area contributed by atoms with E-state index in [-0.39, 0.29) is 11.7 Å². The average molecular weight is 272 g/mol. The minimum Gasteiger partial charge on any atom is -0.487 e. The molecule has 0 saturated carbocycles. The van der Waals surface area contributed by atoms with Crippen molar-refractivity contribution in [2.24, 2.45) is 0 Å². The summed E-state index contributed by atoms with van der Waals surface area (Å²) < 4.78 is 12.4. The lowest BCUT2D eigenvalue weighted by atomic mass is 9.86. The molecule has 0 aromatic heterocycles. The third-order valence-corrected chi connectivity index (χ3v) is 4.53. The molecule has 2 aliphatic heterocycles. The lowest BCUT2D eigenvalue weighted by Gasteiger charge is -2.43. The van der Waals surface area contributed by atoms with Gasteiger partial charge in [0.15, 0.2) is 0 Å². The van der Waals surface area contributed by atoms with Crippen molar-refractivity contribution in [3.8, 4) is 11.8 Å². The summed E-state index contributed by atoms with van der Waals surface area (Å²) >= 11 is 0. The molecule has 0 N–H and O–H groups in total. The van der Waals surface area contributed by atoms with Crippen LogP contribution in [0.5, 0.6) is 5.75 Å². The van der Waals surface area contributed by atoms with Crippen LogP contribution in [0.3, 0.4) is 0 Å². The van der Waals surface area contributed by atoms with Crippen LogP contribution in [0.4, 0.5) is 0 Å².